The average Bonchev–Trinajstić information content (AvgIpc) is 3.05. The predicted octanol–water partition coefficient (Wildman–Crippen LogP) is 13.5. The summed E-state index contributed by atoms with van der Waals surface area (Å²) in [6.07, 6.45) is 38.4. The number of unbranched alkanes of at least 4 members (excludes halogenated alkanes) is 28. The van der Waals surface area contributed by atoms with Gasteiger partial charge in [-0.15, -0.1) is 0 Å². The quantitative estimate of drug-likeness (QED) is 0.0362. The molecular formula is C41H81O6P. The largest absolute Gasteiger partial charge is 0.462 e. The van der Waals surface area contributed by atoms with E-state index < -0.39 is 13.5 Å². The molecule has 0 aliphatic heterocycles. The SMILES string of the molecule is CCCCCCCCCCCCCCCCCC(=O)OC[C@H](COP(C)(C)=O)OC(=O)CCCCCCCCCCCCCCCCC. The average molecular weight is 701 g/mol. The van der Waals surface area contributed by atoms with Gasteiger partial charge in [0.05, 0.1) is 6.61 Å². The lowest BCUT2D eigenvalue weighted by Gasteiger charge is -2.19. The molecule has 0 spiro atoms. The van der Waals surface area contributed by atoms with Gasteiger partial charge in [0.25, 0.3) is 0 Å². The van der Waals surface area contributed by atoms with Crippen molar-refractivity contribution in [2.24, 2.45) is 0 Å². The topological polar surface area (TPSA) is 78.9 Å². The molecule has 0 aromatic rings. The van der Waals surface area contributed by atoms with Gasteiger partial charge in [0.1, 0.15) is 6.61 Å². The van der Waals surface area contributed by atoms with Crippen LogP contribution in [0.4, 0.5) is 0 Å². The maximum atomic E-state index is 12.5. The first-order valence-electron chi connectivity index (χ1n) is 20.8. The summed E-state index contributed by atoms with van der Waals surface area (Å²) in [5.41, 5.74) is 0. The van der Waals surface area contributed by atoms with Gasteiger partial charge in [0, 0.05) is 26.2 Å². The molecule has 0 amide bonds. The van der Waals surface area contributed by atoms with Gasteiger partial charge < -0.3 is 14.0 Å². The molecule has 0 aromatic heterocycles. The molecule has 286 valence electrons. The van der Waals surface area contributed by atoms with E-state index in [1.807, 2.05) is 0 Å². The molecule has 0 saturated heterocycles. The molecule has 0 aliphatic rings. The Kier molecular flexibility index (Phi) is 35.3. The van der Waals surface area contributed by atoms with Crippen LogP contribution in [0.2, 0.25) is 0 Å². The summed E-state index contributed by atoms with van der Waals surface area (Å²) in [4.78, 5) is 24.8. The number of esters is 2. The maximum Gasteiger partial charge on any atom is 0.306 e. The first-order valence-corrected chi connectivity index (χ1v) is 23.3. The molecule has 0 fully saturated rings. The fourth-order valence-electron chi connectivity index (χ4n) is 6.16. The van der Waals surface area contributed by atoms with Gasteiger partial charge in [-0.25, -0.2) is 0 Å². The van der Waals surface area contributed by atoms with E-state index >= 15 is 0 Å². The number of carbonyl (C=O) groups excluding carboxylic acids is 2. The minimum Gasteiger partial charge on any atom is -0.462 e. The minimum absolute atomic E-state index is 0.0267. The van der Waals surface area contributed by atoms with E-state index in [0.717, 1.165) is 38.5 Å². The summed E-state index contributed by atoms with van der Waals surface area (Å²) in [6, 6.07) is 0. The molecule has 0 unspecified atom stereocenters. The molecule has 48 heavy (non-hydrogen) atoms. The predicted molar refractivity (Wildman–Crippen MR) is 205 cm³/mol. The smallest absolute Gasteiger partial charge is 0.306 e. The van der Waals surface area contributed by atoms with E-state index in [0.29, 0.717) is 12.8 Å². The lowest BCUT2D eigenvalue weighted by molar-refractivity contribution is -0.161. The third-order valence-corrected chi connectivity index (χ3v) is 10.0. The Labute approximate surface area is 298 Å². The molecule has 7 heteroatoms. The van der Waals surface area contributed by atoms with Crippen molar-refractivity contribution >= 4 is 19.3 Å². The van der Waals surface area contributed by atoms with Crippen LogP contribution in [0, 0.1) is 0 Å². The lowest BCUT2D eigenvalue weighted by atomic mass is 10.0. The molecule has 0 radical (unpaired) electrons. The second-order valence-electron chi connectivity index (χ2n) is 14.7. The highest BCUT2D eigenvalue weighted by molar-refractivity contribution is 7.57. The minimum atomic E-state index is -2.74. The lowest BCUT2D eigenvalue weighted by Crippen LogP contribution is -2.29. The van der Waals surface area contributed by atoms with E-state index in [2.05, 4.69) is 13.8 Å². The summed E-state index contributed by atoms with van der Waals surface area (Å²) in [7, 11) is -2.74. The normalized spacial score (nSPS) is 12.3. The summed E-state index contributed by atoms with van der Waals surface area (Å²) >= 11 is 0. The van der Waals surface area contributed by atoms with Crippen molar-refractivity contribution in [3.63, 3.8) is 0 Å². The third kappa shape index (κ3) is 37.9. The Hall–Kier alpha value is -0.870. The van der Waals surface area contributed by atoms with Crippen LogP contribution in [-0.4, -0.2) is 44.6 Å². The summed E-state index contributed by atoms with van der Waals surface area (Å²) in [5.74, 6) is -0.580. The van der Waals surface area contributed by atoms with Crippen molar-refractivity contribution in [2.45, 2.75) is 225 Å². The highest BCUT2D eigenvalue weighted by atomic mass is 31.2. The first kappa shape index (κ1) is 47.1. The zero-order chi connectivity index (χ0) is 35.4. The van der Waals surface area contributed by atoms with Crippen molar-refractivity contribution in [1.82, 2.24) is 0 Å². The van der Waals surface area contributed by atoms with E-state index in [9.17, 15) is 14.2 Å². The number of carbonyl (C=O) groups is 2. The molecule has 0 aliphatic carbocycles. The van der Waals surface area contributed by atoms with Gasteiger partial charge >= 0.3 is 11.9 Å². The van der Waals surface area contributed by atoms with Crippen LogP contribution in [0.15, 0.2) is 0 Å². The van der Waals surface area contributed by atoms with Crippen molar-refractivity contribution < 1.29 is 28.2 Å². The van der Waals surface area contributed by atoms with Crippen molar-refractivity contribution in [3.05, 3.63) is 0 Å². The molecule has 0 N–H and O–H groups in total. The number of rotatable bonds is 38. The van der Waals surface area contributed by atoms with Crippen LogP contribution >= 0.6 is 7.37 Å². The molecule has 6 nitrogen and oxygen atoms in total. The second kappa shape index (κ2) is 35.9. The summed E-state index contributed by atoms with van der Waals surface area (Å²) < 4.78 is 28.5. The van der Waals surface area contributed by atoms with Gasteiger partial charge in [-0.2, -0.15) is 0 Å². The zero-order valence-corrected chi connectivity index (χ0v) is 33.4. The summed E-state index contributed by atoms with van der Waals surface area (Å²) in [5, 5.41) is 0. The maximum absolute atomic E-state index is 12.5. The van der Waals surface area contributed by atoms with E-state index in [4.69, 9.17) is 14.0 Å². The third-order valence-electron chi connectivity index (χ3n) is 9.27. The van der Waals surface area contributed by atoms with Crippen LogP contribution in [-0.2, 0) is 28.2 Å². The molecule has 0 bridgehead atoms. The highest BCUT2D eigenvalue weighted by Crippen LogP contribution is 2.37. The van der Waals surface area contributed by atoms with Crippen LogP contribution in [0.3, 0.4) is 0 Å². The zero-order valence-electron chi connectivity index (χ0n) is 32.5. The highest BCUT2D eigenvalue weighted by Gasteiger charge is 2.20. The molecule has 0 aromatic carbocycles. The number of hydrogen-bond donors (Lipinski definition) is 0. The van der Waals surface area contributed by atoms with Gasteiger partial charge in [0.15, 0.2) is 13.5 Å². The fraction of sp³-hybridized carbons (Fsp3) is 0.951. The Morgan fingerprint density at radius 1 is 0.438 bits per heavy atom. The van der Waals surface area contributed by atoms with Crippen LogP contribution < -0.4 is 0 Å². The second-order valence-corrected chi connectivity index (χ2v) is 17.5. The van der Waals surface area contributed by atoms with Crippen molar-refractivity contribution in [1.29, 1.82) is 0 Å². The fourth-order valence-corrected chi connectivity index (χ4v) is 6.69. The van der Waals surface area contributed by atoms with Crippen molar-refractivity contribution in [3.8, 4) is 0 Å². The molecular weight excluding hydrogens is 619 g/mol. The Morgan fingerprint density at radius 3 is 1.04 bits per heavy atom. The first-order chi connectivity index (χ1) is 23.3. The Balaban J connectivity index is 3.88. The van der Waals surface area contributed by atoms with Gasteiger partial charge in [-0.1, -0.05) is 194 Å². The number of ether oxygens (including phenoxy) is 2. The van der Waals surface area contributed by atoms with E-state index in [1.165, 1.54) is 167 Å². The Morgan fingerprint density at radius 2 is 0.729 bits per heavy atom. The van der Waals surface area contributed by atoms with E-state index in [-0.39, 0.29) is 25.2 Å². The van der Waals surface area contributed by atoms with Crippen LogP contribution in [0.1, 0.15) is 219 Å². The van der Waals surface area contributed by atoms with Crippen molar-refractivity contribution in [2.75, 3.05) is 26.5 Å². The molecule has 0 rings (SSSR count). The standard InChI is InChI=1S/C41H81O6P/c1-5-7-9-11-13-15-17-19-21-23-25-27-29-31-33-35-40(42)45-37-39(38-46-48(3,4)44)47-41(43)36-34-32-30-28-26-24-22-20-18-16-14-12-10-8-6-2/h39H,5-38H2,1-4H3/t39-/m1/s1. The summed E-state index contributed by atoms with van der Waals surface area (Å²) in [6.45, 7) is 7.52. The van der Waals surface area contributed by atoms with Gasteiger partial charge in [0.2, 0.25) is 0 Å². The molecule has 1 atom stereocenters. The van der Waals surface area contributed by atoms with Gasteiger partial charge in [-0.05, 0) is 12.8 Å². The molecule has 0 heterocycles. The van der Waals surface area contributed by atoms with Gasteiger partial charge in [-0.3, -0.25) is 14.2 Å². The number of hydrogen-bond acceptors (Lipinski definition) is 6. The Bertz CT molecular complexity index is 751. The van der Waals surface area contributed by atoms with Crippen LogP contribution in [0.5, 0.6) is 0 Å². The monoisotopic (exact) mass is 701 g/mol. The van der Waals surface area contributed by atoms with E-state index in [1.54, 1.807) is 0 Å². The molecule has 0 saturated carbocycles. The van der Waals surface area contributed by atoms with Crippen LogP contribution in [0.25, 0.3) is 0 Å².